The minimum Gasteiger partial charge on any atom is -0.508 e. The van der Waals surface area contributed by atoms with Gasteiger partial charge >= 0.3 is 0 Å². The molecule has 188 valence electrons. The number of benzene rings is 1. The number of nitrogens with two attached hydrogens (primary N) is 2. The van der Waals surface area contributed by atoms with Crippen LogP contribution in [0.25, 0.3) is 0 Å². The first-order chi connectivity index (χ1) is 15.9. The van der Waals surface area contributed by atoms with Crippen molar-refractivity contribution in [2.45, 2.75) is 51.7 Å². The molecule has 1 aromatic carbocycles. The van der Waals surface area contributed by atoms with Crippen LogP contribution in [0.3, 0.4) is 0 Å². The number of hydrogen-bond donors (Lipinski definition) is 7. The number of amides is 5. The summed E-state index contributed by atoms with van der Waals surface area (Å²) in [6.45, 7) is 4.39. The zero-order valence-corrected chi connectivity index (χ0v) is 19.6. The van der Waals surface area contributed by atoms with E-state index in [2.05, 4.69) is 21.3 Å². The highest BCUT2D eigenvalue weighted by molar-refractivity contribution is 5.93. The van der Waals surface area contributed by atoms with E-state index < -0.39 is 54.2 Å². The summed E-state index contributed by atoms with van der Waals surface area (Å²) in [6, 6.07) is 3.45. The lowest BCUT2D eigenvalue weighted by Crippen LogP contribution is -2.54. The van der Waals surface area contributed by atoms with E-state index in [1.165, 1.54) is 19.1 Å². The molecule has 0 aliphatic rings. The summed E-state index contributed by atoms with van der Waals surface area (Å²) in [6.07, 6.45) is 0.521. The van der Waals surface area contributed by atoms with Crippen molar-refractivity contribution in [3.8, 4) is 5.75 Å². The Labute approximate surface area is 198 Å². The number of carbonyl (C=O) groups is 5. The monoisotopic (exact) mass is 478 g/mol. The summed E-state index contributed by atoms with van der Waals surface area (Å²) in [5.74, 6) is -2.89. The molecule has 12 heteroatoms. The fourth-order valence-corrected chi connectivity index (χ4v) is 2.93. The largest absolute Gasteiger partial charge is 0.508 e. The van der Waals surface area contributed by atoms with E-state index in [1.54, 1.807) is 12.1 Å². The Kier molecular flexibility index (Phi) is 11.5. The standard InChI is InChI=1S/C22H34N6O6/c1-12(2)8-17(22(34)25-10-18(24)30)28-19(31)11-26-20(32)13(3)27-21(33)16(23)9-14-4-6-15(29)7-5-14/h4-7,12-13,16-17,29H,8-11,23H2,1-3H3,(H2,24,30)(H,25,34)(H,26,32)(H,27,33)(H,28,31)/t13-,16+,17-/m0/s1. The van der Waals surface area contributed by atoms with Crippen molar-refractivity contribution in [2.24, 2.45) is 17.4 Å². The third-order valence-electron chi connectivity index (χ3n) is 4.70. The zero-order valence-electron chi connectivity index (χ0n) is 19.6. The van der Waals surface area contributed by atoms with Gasteiger partial charge in [0.2, 0.25) is 29.5 Å². The normalized spacial score (nSPS) is 13.3. The predicted octanol–water partition coefficient (Wildman–Crippen LogP) is -1.98. The van der Waals surface area contributed by atoms with Crippen LogP contribution in [0.15, 0.2) is 24.3 Å². The highest BCUT2D eigenvalue weighted by atomic mass is 16.3. The molecular formula is C22H34N6O6. The molecule has 1 aromatic rings. The van der Waals surface area contributed by atoms with Gasteiger partial charge in [-0.1, -0.05) is 26.0 Å². The van der Waals surface area contributed by atoms with Gasteiger partial charge < -0.3 is 37.8 Å². The van der Waals surface area contributed by atoms with Crippen molar-refractivity contribution >= 4 is 29.5 Å². The molecule has 0 fully saturated rings. The van der Waals surface area contributed by atoms with Gasteiger partial charge in [0.25, 0.3) is 0 Å². The summed E-state index contributed by atoms with van der Waals surface area (Å²) in [5, 5.41) is 19.0. The van der Waals surface area contributed by atoms with Crippen molar-refractivity contribution in [1.29, 1.82) is 0 Å². The Balaban J connectivity index is 2.51. The minimum absolute atomic E-state index is 0.0697. The van der Waals surface area contributed by atoms with Gasteiger partial charge in [-0.3, -0.25) is 24.0 Å². The second-order valence-corrected chi connectivity index (χ2v) is 8.36. The lowest BCUT2D eigenvalue weighted by Gasteiger charge is -2.21. The van der Waals surface area contributed by atoms with Crippen LogP contribution in [0.2, 0.25) is 0 Å². The average Bonchev–Trinajstić information content (AvgIpc) is 2.76. The molecule has 0 spiro atoms. The number of phenolic OH excluding ortho intramolecular Hbond substituents is 1. The second kappa shape index (κ2) is 13.8. The molecule has 0 unspecified atom stereocenters. The van der Waals surface area contributed by atoms with E-state index in [0.29, 0.717) is 6.42 Å². The second-order valence-electron chi connectivity index (χ2n) is 8.36. The van der Waals surface area contributed by atoms with Gasteiger partial charge in [0.15, 0.2) is 0 Å². The molecular weight excluding hydrogens is 444 g/mol. The third-order valence-corrected chi connectivity index (χ3v) is 4.70. The van der Waals surface area contributed by atoms with Crippen LogP contribution in [-0.4, -0.2) is 65.9 Å². The van der Waals surface area contributed by atoms with E-state index in [9.17, 15) is 29.1 Å². The number of hydrogen-bond acceptors (Lipinski definition) is 7. The van der Waals surface area contributed by atoms with Gasteiger partial charge in [0, 0.05) is 0 Å². The number of nitrogens with one attached hydrogen (secondary N) is 4. The Morgan fingerprint density at radius 2 is 1.47 bits per heavy atom. The molecule has 0 aliphatic carbocycles. The quantitative estimate of drug-likeness (QED) is 0.170. The smallest absolute Gasteiger partial charge is 0.243 e. The topological polar surface area (TPSA) is 206 Å². The summed E-state index contributed by atoms with van der Waals surface area (Å²) < 4.78 is 0. The number of aromatic hydroxyl groups is 1. The van der Waals surface area contributed by atoms with Crippen LogP contribution < -0.4 is 32.7 Å². The van der Waals surface area contributed by atoms with Crippen molar-refractivity contribution < 1.29 is 29.1 Å². The summed E-state index contributed by atoms with van der Waals surface area (Å²) in [4.78, 5) is 59.9. The predicted molar refractivity (Wildman–Crippen MR) is 124 cm³/mol. The molecule has 0 aromatic heterocycles. The maximum Gasteiger partial charge on any atom is 0.243 e. The van der Waals surface area contributed by atoms with Crippen molar-refractivity contribution in [3.63, 3.8) is 0 Å². The molecule has 1 rings (SSSR count). The Morgan fingerprint density at radius 3 is 2.03 bits per heavy atom. The van der Waals surface area contributed by atoms with E-state index in [-0.39, 0.29) is 24.6 Å². The first kappa shape index (κ1) is 28.4. The van der Waals surface area contributed by atoms with Gasteiger partial charge in [-0.25, -0.2) is 0 Å². The Bertz CT molecular complexity index is 873. The van der Waals surface area contributed by atoms with Gasteiger partial charge in [-0.15, -0.1) is 0 Å². The Hall–Kier alpha value is -3.67. The minimum atomic E-state index is -0.962. The Morgan fingerprint density at radius 1 is 0.882 bits per heavy atom. The van der Waals surface area contributed by atoms with Gasteiger partial charge in [0.05, 0.1) is 19.1 Å². The molecule has 0 bridgehead atoms. The number of rotatable bonds is 13. The number of phenols is 1. The van der Waals surface area contributed by atoms with Crippen LogP contribution in [0.5, 0.6) is 5.75 Å². The average molecular weight is 479 g/mol. The van der Waals surface area contributed by atoms with Gasteiger partial charge in [0.1, 0.15) is 17.8 Å². The van der Waals surface area contributed by atoms with Crippen LogP contribution in [0.4, 0.5) is 0 Å². The maximum absolute atomic E-state index is 12.3. The van der Waals surface area contributed by atoms with Crippen molar-refractivity contribution in [2.75, 3.05) is 13.1 Å². The fraction of sp³-hybridized carbons (Fsp3) is 0.500. The van der Waals surface area contributed by atoms with E-state index >= 15 is 0 Å². The maximum atomic E-state index is 12.3. The van der Waals surface area contributed by atoms with Gasteiger partial charge in [-0.2, -0.15) is 0 Å². The first-order valence-electron chi connectivity index (χ1n) is 10.9. The van der Waals surface area contributed by atoms with E-state index in [0.717, 1.165) is 5.56 Å². The fourth-order valence-electron chi connectivity index (χ4n) is 2.93. The lowest BCUT2D eigenvalue weighted by atomic mass is 10.0. The molecule has 0 saturated carbocycles. The summed E-state index contributed by atoms with van der Waals surface area (Å²) >= 11 is 0. The molecule has 0 radical (unpaired) electrons. The van der Waals surface area contributed by atoms with Crippen LogP contribution in [0, 0.1) is 5.92 Å². The number of primary amides is 1. The van der Waals surface area contributed by atoms with Crippen LogP contribution in [0.1, 0.15) is 32.8 Å². The molecule has 0 aliphatic heterocycles. The highest BCUT2D eigenvalue weighted by Gasteiger charge is 2.24. The zero-order chi connectivity index (χ0) is 25.8. The molecule has 34 heavy (non-hydrogen) atoms. The third kappa shape index (κ3) is 10.8. The van der Waals surface area contributed by atoms with Crippen LogP contribution >= 0.6 is 0 Å². The molecule has 5 amide bonds. The van der Waals surface area contributed by atoms with Crippen LogP contribution in [-0.2, 0) is 30.4 Å². The van der Waals surface area contributed by atoms with E-state index in [1.807, 2.05) is 13.8 Å². The van der Waals surface area contributed by atoms with Crippen molar-refractivity contribution in [1.82, 2.24) is 21.3 Å². The van der Waals surface area contributed by atoms with Gasteiger partial charge in [-0.05, 0) is 43.4 Å². The SMILES string of the molecule is CC(C)C[C@H](NC(=O)CNC(=O)[C@H](C)NC(=O)[C@H](N)Cc1ccc(O)cc1)C(=O)NCC(N)=O. The molecule has 3 atom stereocenters. The lowest BCUT2D eigenvalue weighted by molar-refractivity contribution is -0.132. The molecule has 12 nitrogen and oxygen atoms in total. The molecule has 9 N–H and O–H groups in total. The molecule has 0 heterocycles. The number of carbonyl (C=O) groups excluding carboxylic acids is 5. The van der Waals surface area contributed by atoms with Crippen molar-refractivity contribution in [3.05, 3.63) is 29.8 Å². The summed E-state index contributed by atoms with van der Waals surface area (Å²) in [7, 11) is 0. The molecule has 0 saturated heterocycles. The summed E-state index contributed by atoms with van der Waals surface area (Å²) in [5.41, 5.74) is 11.6. The highest BCUT2D eigenvalue weighted by Crippen LogP contribution is 2.11. The first-order valence-corrected chi connectivity index (χ1v) is 10.9. The van der Waals surface area contributed by atoms with E-state index in [4.69, 9.17) is 11.5 Å².